The summed E-state index contributed by atoms with van der Waals surface area (Å²) in [6.45, 7) is 5.45. The Balaban J connectivity index is 2.17. The number of nitrogens with one attached hydrogen (secondary N) is 1. The van der Waals surface area contributed by atoms with Crippen LogP contribution >= 0.6 is 0 Å². The summed E-state index contributed by atoms with van der Waals surface area (Å²) >= 11 is 0. The van der Waals surface area contributed by atoms with E-state index >= 15 is 0 Å². The number of nitrogens with zero attached hydrogens (tertiary/aromatic N) is 3. The third kappa shape index (κ3) is 2.53. The van der Waals surface area contributed by atoms with Gasteiger partial charge in [0.25, 0.3) is 5.91 Å². The lowest BCUT2D eigenvalue weighted by Gasteiger charge is -2.22. The maximum atomic E-state index is 12.1. The highest BCUT2D eigenvalue weighted by Crippen LogP contribution is 2.16. The summed E-state index contributed by atoms with van der Waals surface area (Å²) in [5.74, 6) is 0.233. The Labute approximate surface area is 104 Å². The molecule has 2 rings (SSSR count). The second kappa shape index (κ2) is 4.56. The molecule has 2 heterocycles. The summed E-state index contributed by atoms with van der Waals surface area (Å²) in [6, 6.07) is 3.39. The number of amides is 1. The van der Waals surface area contributed by atoms with Crippen molar-refractivity contribution in [3.63, 3.8) is 0 Å². The average molecular weight is 246 g/mol. The predicted molar refractivity (Wildman–Crippen MR) is 63.8 cm³/mol. The predicted octanol–water partition coefficient (Wildman–Crippen LogP) is 1.44. The Morgan fingerprint density at radius 3 is 2.78 bits per heavy atom. The van der Waals surface area contributed by atoms with E-state index in [0.29, 0.717) is 11.4 Å². The van der Waals surface area contributed by atoms with E-state index in [-0.39, 0.29) is 5.91 Å². The largest absolute Gasteiger partial charge is 0.343 e. The lowest BCUT2D eigenvalue weighted by Crippen LogP contribution is -2.41. The minimum Gasteiger partial charge on any atom is -0.343 e. The number of aryl methyl sites for hydroxylation is 1. The van der Waals surface area contributed by atoms with Gasteiger partial charge in [-0.15, -0.1) is 0 Å². The van der Waals surface area contributed by atoms with Crippen molar-refractivity contribution < 1.29 is 9.32 Å². The molecule has 0 unspecified atom stereocenters. The van der Waals surface area contributed by atoms with Gasteiger partial charge in [0.2, 0.25) is 6.39 Å². The first-order valence-corrected chi connectivity index (χ1v) is 5.51. The van der Waals surface area contributed by atoms with Gasteiger partial charge >= 0.3 is 0 Å². The zero-order chi connectivity index (χ0) is 13.2. The van der Waals surface area contributed by atoms with Crippen molar-refractivity contribution in [2.45, 2.75) is 26.3 Å². The summed E-state index contributed by atoms with van der Waals surface area (Å²) in [4.78, 5) is 20.1. The highest BCUT2D eigenvalue weighted by Gasteiger charge is 2.27. The molecule has 94 valence electrons. The van der Waals surface area contributed by atoms with Crippen LogP contribution in [0.2, 0.25) is 0 Å². The van der Waals surface area contributed by atoms with Crippen molar-refractivity contribution >= 4 is 5.91 Å². The molecule has 2 aromatic rings. The quantitative estimate of drug-likeness (QED) is 0.886. The Kier molecular flexibility index (Phi) is 3.10. The normalized spacial score (nSPS) is 11.3. The van der Waals surface area contributed by atoms with E-state index in [1.165, 1.54) is 6.39 Å². The van der Waals surface area contributed by atoms with E-state index in [2.05, 4.69) is 25.0 Å². The summed E-state index contributed by atoms with van der Waals surface area (Å²) in [5, 5.41) is 6.59. The summed E-state index contributed by atoms with van der Waals surface area (Å²) in [6.07, 6.45) is 2.84. The first-order valence-electron chi connectivity index (χ1n) is 5.51. The average Bonchev–Trinajstić information content (AvgIpc) is 2.82. The number of hydrogen-bond acceptors (Lipinski definition) is 5. The van der Waals surface area contributed by atoms with Gasteiger partial charge in [0.1, 0.15) is 0 Å². The highest BCUT2D eigenvalue weighted by molar-refractivity contribution is 5.94. The van der Waals surface area contributed by atoms with Crippen LogP contribution in [0.3, 0.4) is 0 Å². The van der Waals surface area contributed by atoms with Crippen LogP contribution in [0.1, 0.15) is 35.7 Å². The molecule has 0 aromatic carbocycles. The van der Waals surface area contributed by atoms with E-state index in [0.717, 1.165) is 5.69 Å². The van der Waals surface area contributed by atoms with Crippen LogP contribution in [0.25, 0.3) is 0 Å². The van der Waals surface area contributed by atoms with Crippen LogP contribution in [-0.4, -0.2) is 21.0 Å². The zero-order valence-corrected chi connectivity index (χ0v) is 10.5. The van der Waals surface area contributed by atoms with Gasteiger partial charge in [0, 0.05) is 17.5 Å². The number of pyridine rings is 1. The van der Waals surface area contributed by atoms with Crippen LogP contribution < -0.4 is 5.32 Å². The zero-order valence-electron chi connectivity index (χ0n) is 10.5. The molecule has 0 bridgehead atoms. The van der Waals surface area contributed by atoms with E-state index in [1.54, 1.807) is 18.3 Å². The van der Waals surface area contributed by atoms with E-state index in [9.17, 15) is 4.79 Å². The molecular weight excluding hydrogens is 232 g/mol. The summed E-state index contributed by atoms with van der Waals surface area (Å²) in [7, 11) is 0. The second-order valence-electron chi connectivity index (χ2n) is 4.52. The van der Waals surface area contributed by atoms with Crippen LogP contribution in [-0.2, 0) is 5.54 Å². The van der Waals surface area contributed by atoms with E-state index in [4.69, 9.17) is 0 Å². The highest BCUT2D eigenvalue weighted by atomic mass is 16.5. The number of hydrogen-bond donors (Lipinski definition) is 1. The van der Waals surface area contributed by atoms with Crippen LogP contribution in [0, 0.1) is 6.92 Å². The molecule has 0 aliphatic heterocycles. The molecule has 0 radical (unpaired) electrons. The number of aromatic nitrogens is 3. The lowest BCUT2D eigenvalue weighted by atomic mass is 10.0. The molecule has 18 heavy (non-hydrogen) atoms. The standard InChI is InChI=1S/C12H14N4O2/c1-8-6-9(4-5-13-8)10(17)15-12(2,3)11-14-7-18-16-11/h4-7H,1-3H3,(H,15,17). The van der Waals surface area contributed by atoms with Gasteiger partial charge in [-0.25, -0.2) is 0 Å². The van der Waals surface area contributed by atoms with Crippen LogP contribution in [0.5, 0.6) is 0 Å². The topological polar surface area (TPSA) is 80.9 Å². The molecule has 0 aliphatic rings. The summed E-state index contributed by atoms with van der Waals surface area (Å²) in [5.41, 5.74) is 0.653. The van der Waals surface area contributed by atoms with Gasteiger partial charge in [0.05, 0.1) is 5.54 Å². The third-order valence-corrected chi connectivity index (χ3v) is 2.51. The number of rotatable bonds is 3. The monoisotopic (exact) mass is 246 g/mol. The van der Waals surface area contributed by atoms with Crippen molar-refractivity contribution in [1.82, 2.24) is 20.4 Å². The molecule has 0 saturated carbocycles. The van der Waals surface area contributed by atoms with E-state index in [1.807, 2.05) is 20.8 Å². The number of carbonyl (C=O) groups is 1. The van der Waals surface area contributed by atoms with Crippen molar-refractivity contribution in [3.8, 4) is 0 Å². The van der Waals surface area contributed by atoms with Crippen LogP contribution in [0.15, 0.2) is 29.2 Å². The fraction of sp³-hybridized carbons (Fsp3) is 0.333. The SMILES string of the molecule is Cc1cc(C(=O)NC(C)(C)c2ncon2)ccn1. The maximum absolute atomic E-state index is 12.1. The molecule has 6 nitrogen and oxygen atoms in total. The first-order chi connectivity index (χ1) is 8.49. The molecule has 0 atom stereocenters. The number of carbonyl (C=O) groups excluding carboxylic acids is 1. The fourth-order valence-corrected chi connectivity index (χ4v) is 1.54. The molecular formula is C12H14N4O2. The van der Waals surface area contributed by atoms with Gasteiger partial charge < -0.3 is 9.84 Å². The van der Waals surface area contributed by atoms with Crippen molar-refractivity contribution in [2.75, 3.05) is 0 Å². The van der Waals surface area contributed by atoms with Gasteiger partial charge in [0.15, 0.2) is 5.82 Å². The van der Waals surface area contributed by atoms with Crippen molar-refractivity contribution in [3.05, 3.63) is 41.8 Å². The minimum atomic E-state index is -0.693. The fourth-order valence-electron chi connectivity index (χ4n) is 1.54. The Morgan fingerprint density at radius 2 is 2.17 bits per heavy atom. The smallest absolute Gasteiger partial charge is 0.252 e. The van der Waals surface area contributed by atoms with Gasteiger partial charge in [-0.1, -0.05) is 5.16 Å². The first kappa shape index (κ1) is 12.2. The molecule has 0 fully saturated rings. The third-order valence-electron chi connectivity index (χ3n) is 2.51. The molecule has 1 amide bonds. The van der Waals surface area contributed by atoms with Gasteiger partial charge in [-0.05, 0) is 32.9 Å². The Morgan fingerprint density at radius 1 is 1.39 bits per heavy atom. The molecule has 6 heteroatoms. The van der Waals surface area contributed by atoms with Crippen molar-refractivity contribution in [2.24, 2.45) is 0 Å². The summed E-state index contributed by atoms with van der Waals surface area (Å²) < 4.78 is 4.68. The maximum Gasteiger partial charge on any atom is 0.252 e. The van der Waals surface area contributed by atoms with Crippen LogP contribution in [0.4, 0.5) is 0 Å². The lowest BCUT2D eigenvalue weighted by molar-refractivity contribution is 0.0907. The minimum absolute atomic E-state index is 0.199. The molecule has 0 saturated heterocycles. The van der Waals surface area contributed by atoms with Gasteiger partial charge in [-0.2, -0.15) is 4.98 Å². The molecule has 2 aromatic heterocycles. The van der Waals surface area contributed by atoms with Gasteiger partial charge in [-0.3, -0.25) is 9.78 Å². The van der Waals surface area contributed by atoms with Crippen molar-refractivity contribution in [1.29, 1.82) is 0 Å². The Bertz CT molecular complexity index is 549. The second-order valence-corrected chi connectivity index (χ2v) is 4.52. The Hall–Kier alpha value is -2.24. The molecule has 0 aliphatic carbocycles. The molecule has 0 spiro atoms. The molecule has 1 N–H and O–H groups in total. The van der Waals surface area contributed by atoms with E-state index < -0.39 is 5.54 Å².